The molecular weight excluding hydrogens is 322 g/mol. The SMILES string of the molecule is CSc1ncc(Cl)c(C(=O)C2C=CC=CC2OC(F)F)n1. The van der Waals surface area contributed by atoms with Crippen LogP contribution in [0, 0.1) is 5.92 Å². The van der Waals surface area contributed by atoms with Crippen molar-refractivity contribution in [1.82, 2.24) is 9.97 Å². The molecule has 0 spiro atoms. The van der Waals surface area contributed by atoms with Gasteiger partial charge in [0.05, 0.1) is 23.2 Å². The number of alkyl halides is 2. The van der Waals surface area contributed by atoms with E-state index in [0.717, 1.165) is 0 Å². The second-order valence-corrected chi connectivity index (χ2v) is 5.26. The van der Waals surface area contributed by atoms with Gasteiger partial charge in [0.15, 0.2) is 10.9 Å². The molecule has 2 rings (SSSR count). The molecule has 1 aromatic heterocycles. The molecule has 112 valence electrons. The van der Waals surface area contributed by atoms with Crippen molar-refractivity contribution in [1.29, 1.82) is 0 Å². The van der Waals surface area contributed by atoms with Crippen molar-refractivity contribution in [3.05, 3.63) is 41.2 Å². The number of Topliss-reactive ketones (excluding diaryl/α,β-unsaturated/α-hetero) is 1. The number of ketones is 1. The van der Waals surface area contributed by atoms with E-state index in [4.69, 9.17) is 11.6 Å². The van der Waals surface area contributed by atoms with E-state index in [-0.39, 0.29) is 10.7 Å². The van der Waals surface area contributed by atoms with Gasteiger partial charge < -0.3 is 4.74 Å². The summed E-state index contributed by atoms with van der Waals surface area (Å²) in [4.78, 5) is 20.5. The summed E-state index contributed by atoms with van der Waals surface area (Å²) in [5.41, 5.74) is 0.00355. The Bertz CT molecular complexity index is 596. The van der Waals surface area contributed by atoms with Crippen LogP contribution in [0.1, 0.15) is 10.5 Å². The monoisotopic (exact) mass is 332 g/mol. The van der Waals surface area contributed by atoms with E-state index < -0.39 is 24.4 Å². The Hall–Kier alpha value is -1.31. The lowest BCUT2D eigenvalue weighted by Gasteiger charge is -2.22. The predicted molar refractivity (Wildman–Crippen MR) is 75.8 cm³/mol. The minimum Gasteiger partial charge on any atom is -0.314 e. The number of nitrogens with zero attached hydrogens (tertiary/aromatic N) is 2. The summed E-state index contributed by atoms with van der Waals surface area (Å²) in [5, 5.41) is 0.459. The minimum atomic E-state index is -2.97. The molecule has 0 saturated carbocycles. The third-order valence-electron chi connectivity index (χ3n) is 2.79. The lowest BCUT2D eigenvalue weighted by Crippen LogP contribution is -2.31. The molecule has 0 radical (unpaired) electrons. The van der Waals surface area contributed by atoms with Crippen LogP contribution in [0.15, 0.2) is 35.7 Å². The zero-order valence-corrected chi connectivity index (χ0v) is 12.4. The molecule has 0 saturated heterocycles. The van der Waals surface area contributed by atoms with Gasteiger partial charge in [0.25, 0.3) is 0 Å². The summed E-state index contributed by atoms with van der Waals surface area (Å²) in [6.07, 6.45) is 8.06. The van der Waals surface area contributed by atoms with Crippen molar-refractivity contribution in [3.63, 3.8) is 0 Å². The van der Waals surface area contributed by atoms with Gasteiger partial charge in [-0.25, -0.2) is 9.97 Å². The van der Waals surface area contributed by atoms with Gasteiger partial charge in [-0.3, -0.25) is 4.79 Å². The van der Waals surface area contributed by atoms with Crippen molar-refractivity contribution < 1.29 is 18.3 Å². The average Bonchev–Trinajstić information content (AvgIpc) is 2.47. The lowest BCUT2D eigenvalue weighted by atomic mass is 9.91. The lowest BCUT2D eigenvalue weighted by molar-refractivity contribution is -0.155. The second-order valence-electron chi connectivity index (χ2n) is 4.07. The fourth-order valence-electron chi connectivity index (χ4n) is 1.85. The van der Waals surface area contributed by atoms with E-state index in [0.29, 0.717) is 5.16 Å². The van der Waals surface area contributed by atoms with Crippen LogP contribution in [-0.2, 0) is 4.74 Å². The van der Waals surface area contributed by atoms with Gasteiger partial charge in [-0.2, -0.15) is 8.78 Å². The molecule has 0 aliphatic heterocycles. The van der Waals surface area contributed by atoms with Gasteiger partial charge in [-0.05, 0) is 6.26 Å². The molecule has 0 amide bonds. The smallest absolute Gasteiger partial charge is 0.314 e. The van der Waals surface area contributed by atoms with Crippen molar-refractivity contribution in [2.24, 2.45) is 5.92 Å². The molecule has 2 unspecified atom stereocenters. The van der Waals surface area contributed by atoms with E-state index >= 15 is 0 Å². The Morgan fingerprint density at radius 3 is 2.81 bits per heavy atom. The number of rotatable bonds is 5. The van der Waals surface area contributed by atoms with E-state index in [1.165, 1.54) is 30.1 Å². The minimum absolute atomic E-state index is 0.00355. The summed E-state index contributed by atoms with van der Waals surface area (Å²) in [7, 11) is 0. The highest BCUT2D eigenvalue weighted by Crippen LogP contribution is 2.26. The molecule has 2 atom stereocenters. The number of hydrogen-bond donors (Lipinski definition) is 0. The molecule has 0 bridgehead atoms. The largest absolute Gasteiger partial charge is 0.345 e. The first-order valence-electron chi connectivity index (χ1n) is 5.92. The Kier molecular flexibility index (Phi) is 5.44. The highest BCUT2D eigenvalue weighted by atomic mass is 35.5. The van der Waals surface area contributed by atoms with Crippen molar-refractivity contribution in [2.45, 2.75) is 17.9 Å². The van der Waals surface area contributed by atoms with Crippen LogP contribution < -0.4 is 0 Å². The summed E-state index contributed by atoms with van der Waals surface area (Å²) in [6, 6.07) is 0. The zero-order chi connectivity index (χ0) is 15.4. The molecular formula is C13H11ClF2N2O2S. The number of halogens is 3. The van der Waals surface area contributed by atoms with Gasteiger partial charge in [0.2, 0.25) is 0 Å². The van der Waals surface area contributed by atoms with Crippen LogP contribution in [0.5, 0.6) is 0 Å². The van der Waals surface area contributed by atoms with E-state index in [1.54, 1.807) is 18.4 Å². The van der Waals surface area contributed by atoms with Crippen LogP contribution in [-0.4, -0.2) is 34.7 Å². The predicted octanol–water partition coefficient (Wildman–Crippen LogP) is 3.38. The first kappa shape index (κ1) is 16.1. The molecule has 0 aromatic carbocycles. The van der Waals surface area contributed by atoms with E-state index in [1.807, 2.05) is 0 Å². The molecule has 0 fully saturated rings. The highest BCUT2D eigenvalue weighted by Gasteiger charge is 2.31. The Balaban J connectivity index is 2.29. The Morgan fingerprint density at radius 1 is 1.43 bits per heavy atom. The molecule has 1 aliphatic rings. The third kappa shape index (κ3) is 3.87. The molecule has 8 heteroatoms. The number of allylic oxidation sites excluding steroid dienone is 2. The Labute approximate surface area is 129 Å². The summed E-state index contributed by atoms with van der Waals surface area (Å²) < 4.78 is 29.3. The third-order valence-corrected chi connectivity index (χ3v) is 3.62. The van der Waals surface area contributed by atoms with Crippen molar-refractivity contribution in [2.75, 3.05) is 6.26 Å². The molecule has 0 N–H and O–H groups in total. The normalized spacial score (nSPS) is 21.0. The molecule has 1 aromatic rings. The molecule has 4 nitrogen and oxygen atoms in total. The molecule has 1 aliphatic carbocycles. The maximum absolute atomic E-state index is 12.5. The van der Waals surface area contributed by atoms with Crippen LogP contribution in [0.25, 0.3) is 0 Å². The number of ether oxygens (including phenoxy) is 1. The second kappa shape index (κ2) is 7.11. The van der Waals surface area contributed by atoms with Gasteiger partial charge in [-0.15, -0.1) is 0 Å². The first-order chi connectivity index (χ1) is 10.0. The van der Waals surface area contributed by atoms with Crippen molar-refractivity contribution >= 4 is 29.1 Å². The van der Waals surface area contributed by atoms with Crippen LogP contribution in [0.2, 0.25) is 5.02 Å². The standard InChI is InChI=1S/C13H11ClF2N2O2S/c1-21-13-17-6-8(14)10(18-13)11(19)7-4-2-3-5-9(7)20-12(15)16/h2-7,9,12H,1H3. The van der Waals surface area contributed by atoms with Crippen LogP contribution in [0.4, 0.5) is 8.78 Å². The number of thioether (sulfide) groups is 1. The van der Waals surface area contributed by atoms with E-state index in [2.05, 4.69) is 14.7 Å². The molecule has 21 heavy (non-hydrogen) atoms. The number of carbonyl (C=O) groups is 1. The van der Waals surface area contributed by atoms with Crippen LogP contribution in [0.3, 0.4) is 0 Å². The maximum atomic E-state index is 12.5. The van der Waals surface area contributed by atoms with Gasteiger partial charge in [0, 0.05) is 0 Å². The van der Waals surface area contributed by atoms with Gasteiger partial charge in [-0.1, -0.05) is 47.7 Å². The number of hydrogen-bond acceptors (Lipinski definition) is 5. The zero-order valence-electron chi connectivity index (χ0n) is 10.9. The van der Waals surface area contributed by atoms with Crippen molar-refractivity contribution in [3.8, 4) is 0 Å². The Morgan fingerprint density at radius 2 is 2.14 bits per heavy atom. The maximum Gasteiger partial charge on any atom is 0.345 e. The fourth-order valence-corrected chi connectivity index (χ4v) is 2.38. The first-order valence-corrected chi connectivity index (χ1v) is 7.52. The quantitative estimate of drug-likeness (QED) is 0.470. The summed E-state index contributed by atoms with van der Waals surface area (Å²) in [6.45, 7) is -2.97. The topological polar surface area (TPSA) is 52.1 Å². The highest BCUT2D eigenvalue weighted by molar-refractivity contribution is 7.98. The average molecular weight is 333 g/mol. The van der Waals surface area contributed by atoms with Gasteiger partial charge in [0.1, 0.15) is 5.69 Å². The summed E-state index contributed by atoms with van der Waals surface area (Å²) >= 11 is 7.19. The fraction of sp³-hybridized carbons (Fsp3) is 0.308. The van der Waals surface area contributed by atoms with E-state index in [9.17, 15) is 13.6 Å². The molecule has 1 heterocycles. The van der Waals surface area contributed by atoms with Crippen LogP contribution >= 0.6 is 23.4 Å². The summed E-state index contributed by atoms with van der Waals surface area (Å²) in [5.74, 6) is -1.38. The number of carbonyl (C=O) groups excluding carboxylic acids is 1. The number of aromatic nitrogens is 2. The van der Waals surface area contributed by atoms with Gasteiger partial charge >= 0.3 is 6.61 Å².